The van der Waals surface area contributed by atoms with Gasteiger partial charge in [0.2, 0.25) is 0 Å². The molecule has 1 aromatic rings. The van der Waals surface area contributed by atoms with E-state index < -0.39 is 5.97 Å². The highest BCUT2D eigenvalue weighted by Crippen LogP contribution is 2.16. The quantitative estimate of drug-likeness (QED) is 0.824. The first-order chi connectivity index (χ1) is 9.17. The lowest BCUT2D eigenvalue weighted by atomic mass is 10.1. The van der Waals surface area contributed by atoms with Crippen molar-refractivity contribution >= 4 is 12.0 Å². The number of ether oxygens (including phenoxy) is 1. The van der Waals surface area contributed by atoms with E-state index in [1.54, 1.807) is 13.2 Å². The van der Waals surface area contributed by atoms with E-state index in [1.165, 1.54) is 5.56 Å². The molecule has 0 radical (unpaired) electrons. The minimum absolute atomic E-state index is 0.343. The van der Waals surface area contributed by atoms with Crippen molar-refractivity contribution in [2.45, 2.75) is 19.1 Å². The van der Waals surface area contributed by atoms with Gasteiger partial charge in [-0.1, -0.05) is 24.3 Å². The van der Waals surface area contributed by atoms with Crippen LogP contribution in [0.4, 0.5) is 0 Å². The Morgan fingerprint density at radius 1 is 1.58 bits per heavy atom. The van der Waals surface area contributed by atoms with Crippen molar-refractivity contribution in [3.8, 4) is 0 Å². The normalized spacial score (nSPS) is 20.2. The van der Waals surface area contributed by atoms with E-state index in [2.05, 4.69) is 11.0 Å². The number of aliphatic carboxylic acids is 1. The first-order valence-corrected chi connectivity index (χ1v) is 6.42. The molecule has 19 heavy (non-hydrogen) atoms. The maximum absolute atomic E-state index is 10.5. The van der Waals surface area contributed by atoms with E-state index in [1.807, 2.05) is 18.2 Å². The van der Waals surface area contributed by atoms with Gasteiger partial charge in [-0.15, -0.1) is 0 Å². The second-order valence-corrected chi connectivity index (χ2v) is 4.80. The lowest BCUT2D eigenvalue weighted by Crippen LogP contribution is -2.22. The zero-order valence-electron chi connectivity index (χ0n) is 11.1. The Kier molecular flexibility index (Phi) is 4.71. The van der Waals surface area contributed by atoms with Gasteiger partial charge in [-0.2, -0.15) is 0 Å². The van der Waals surface area contributed by atoms with Crippen molar-refractivity contribution < 1.29 is 14.6 Å². The van der Waals surface area contributed by atoms with Crippen LogP contribution < -0.4 is 0 Å². The molecule has 0 aliphatic carbocycles. The fourth-order valence-electron chi connectivity index (χ4n) is 2.35. The van der Waals surface area contributed by atoms with Crippen molar-refractivity contribution in [2.75, 3.05) is 20.2 Å². The lowest BCUT2D eigenvalue weighted by molar-refractivity contribution is -0.131. The molecule has 4 nitrogen and oxygen atoms in total. The highest BCUT2D eigenvalue weighted by Gasteiger charge is 2.21. The standard InChI is InChI=1S/C15H19NO3/c1-19-14-7-8-16(11-14)10-13-4-2-3-12(9-13)5-6-15(17)18/h2-6,9,14H,7-8,10-11H2,1H3,(H,17,18)/b6-5+. The summed E-state index contributed by atoms with van der Waals surface area (Å²) in [6.45, 7) is 2.90. The van der Waals surface area contributed by atoms with Crippen LogP contribution in [0.3, 0.4) is 0 Å². The second-order valence-electron chi connectivity index (χ2n) is 4.80. The summed E-state index contributed by atoms with van der Waals surface area (Å²) in [6, 6.07) is 7.96. The van der Waals surface area contributed by atoms with Crippen molar-refractivity contribution in [3.63, 3.8) is 0 Å². The summed E-state index contributed by atoms with van der Waals surface area (Å²) < 4.78 is 5.35. The molecule has 1 atom stereocenters. The Morgan fingerprint density at radius 2 is 2.42 bits per heavy atom. The third-order valence-corrected chi connectivity index (χ3v) is 3.34. The molecule has 0 amide bonds. The van der Waals surface area contributed by atoms with Crippen LogP contribution in [0, 0.1) is 0 Å². The van der Waals surface area contributed by atoms with E-state index in [0.717, 1.165) is 37.7 Å². The lowest BCUT2D eigenvalue weighted by Gasteiger charge is -2.15. The zero-order valence-corrected chi connectivity index (χ0v) is 11.1. The molecule has 0 saturated carbocycles. The molecule has 1 heterocycles. The number of carbonyl (C=O) groups is 1. The van der Waals surface area contributed by atoms with E-state index in [4.69, 9.17) is 9.84 Å². The number of likely N-dealkylation sites (tertiary alicyclic amines) is 1. The summed E-state index contributed by atoms with van der Waals surface area (Å²) in [7, 11) is 1.76. The van der Waals surface area contributed by atoms with Crippen LogP contribution in [-0.4, -0.2) is 42.3 Å². The van der Waals surface area contributed by atoms with Crippen LogP contribution in [0.5, 0.6) is 0 Å². The Morgan fingerprint density at radius 3 is 3.11 bits per heavy atom. The van der Waals surface area contributed by atoms with Gasteiger partial charge in [0.15, 0.2) is 0 Å². The monoisotopic (exact) mass is 261 g/mol. The molecule has 1 aliphatic rings. The number of carboxylic acid groups (broad SMARTS) is 1. The average molecular weight is 261 g/mol. The molecule has 1 saturated heterocycles. The Balaban J connectivity index is 1.97. The van der Waals surface area contributed by atoms with Gasteiger partial charge < -0.3 is 9.84 Å². The van der Waals surface area contributed by atoms with Crippen LogP contribution in [0.15, 0.2) is 30.3 Å². The number of carboxylic acids is 1. The molecule has 1 aromatic carbocycles. The molecular weight excluding hydrogens is 242 g/mol. The van der Waals surface area contributed by atoms with Crippen molar-refractivity contribution in [1.29, 1.82) is 0 Å². The van der Waals surface area contributed by atoms with Crippen LogP contribution in [0.1, 0.15) is 17.5 Å². The van der Waals surface area contributed by atoms with Crippen molar-refractivity contribution in [2.24, 2.45) is 0 Å². The summed E-state index contributed by atoms with van der Waals surface area (Å²) in [5.74, 6) is -0.923. The largest absolute Gasteiger partial charge is 0.478 e. The smallest absolute Gasteiger partial charge is 0.328 e. The molecular formula is C15H19NO3. The highest BCUT2D eigenvalue weighted by molar-refractivity contribution is 5.85. The topological polar surface area (TPSA) is 49.8 Å². The summed E-state index contributed by atoms with van der Waals surface area (Å²) in [5, 5.41) is 8.62. The molecule has 1 fully saturated rings. The predicted octanol–water partition coefficient (Wildman–Crippen LogP) is 2.01. The average Bonchev–Trinajstić information content (AvgIpc) is 2.84. The SMILES string of the molecule is COC1CCN(Cc2cccc(/C=C/C(=O)O)c2)C1. The molecule has 1 unspecified atom stereocenters. The van der Waals surface area contributed by atoms with Gasteiger partial charge in [0.25, 0.3) is 0 Å². The second kappa shape index (κ2) is 6.50. The van der Waals surface area contributed by atoms with Crippen LogP contribution in [0.2, 0.25) is 0 Å². The third-order valence-electron chi connectivity index (χ3n) is 3.34. The molecule has 1 N–H and O–H groups in total. The minimum atomic E-state index is -0.923. The maximum atomic E-state index is 10.5. The number of hydrogen-bond acceptors (Lipinski definition) is 3. The van der Waals surface area contributed by atoms with E-state index in [9.17, 15) is 4.79 Å². The third kappa shape index (κ3) is 4.19. The Labute approximate surface area is 113 Å². The maximum Gasteiger partial charge on any atom is 0.328 e. The molecule has 2 rings (SSSR count). The van der Waals surface area contributed by atoms with Crippen LogP contribution in [-0.2, 0) is 16.1 Å². The molecule has 0 aromatic heterocycles. The molecule has 102 valence electrons. The van der Waals surface area contributed by atoms with Gasteiger partial charge >= 0.3 is 5.97 Å². The van der Waals surface area contributed by atoms with Crippen molar-refractivity contribution in [3.05, 3.63) is 41.5 Å². The molecule has 4 heteroatoms. The highest BCUT2D eigenvalue weighted by atomic mass is 16.5. The number of benzene rings is 1. The number of hydrogen-bond donors (Lipinski definition) is 1. The van der Waals surface area contributed by atoms with Crippen LogP contribution in [0.25, 0.3) is 6.08 Å². The van der Waals surface area contributed by atoms with Gasteiger partial charge in [-0.05, 0) is 23.6 Å². The molecule has 0 spiro atoms. The van der Waals surface area contributed by atoms with Gasteiger partial charge in [0.1, 0.15) is 0 Å². The van der Waals surface area contributed by atoms with E-state index in [0.29, 0.717) is 6.10 Å². The first kappa shape index (κ1) is 13.8. The van der Waals surface area contributed by atoms with Gasteiger partial charge in [0, 0.05) is 32.8 Å². The summed E-state index contributed by atoms with van der Waals surface area (Å²) in [6.07, 6.45) is 4.20. The number of methoxy groups -OCH3 is 1. The van der Waals surface area contributed by atoms with Gasteiger partial charge in [-0.3, -0.25) is 4.90 Å². The number of nitrogens with zero attached hydrogens (tertiary/aromatic N) is 1. The van der Waals surface area contributed by atoms with E-state index in [-0.39, 0.29) is 0 Å². The summed E-state index contributed by atoms with van der Waals surface area (Å²) >= 11 is 0. The number of rotatable bonds is 5. The molecule has 1 aliphatic heterocycles. The summed E-state index contributed by atoms with van der Waals surface area (Å²) in [5.41, 5.74) is 2.12. The minimum Gasteiger partial charge on any atom is -0.478 e. The Hall–Kier alpha value is -1.65. The van der Waals surface area contributed by atoms with Crippen LogP contribution >= 0.6 is 0 Å². The molecule has 0 bridgehead atoms. The first-order valence-electron chi connectivity index (χ1n) is 6.42. The fraction of sp³-hybridized carbons (Fsp3) is 0.400. The fourth-order valence-corrected chi connectivity index (χ4v) is 2.35. The Bertz CT molecular complexity index is 470. The van der Waals surface area contributed by atoms with Gasteiger partial charge in [-0.25, -0.2) is 4.79 Å². The predicted molar refractivity (Wildman–Crippen MR) is 73.8 cm³/mol. The zero-order chi connectivity index (χ0) is 13.7. The summed E-state index contributed by atoms with van der Waals surface area (Å²) in [4.78, 5) is 12.9. The van der Waals surface area contributed by atoms with E-state index >= 15 is 0 Å². The van der Waals surface area contributed by atoms with Gasteiger partial charge in [0.05, 0.1) is 6.10 Å². The van der Waals surface area contributed by atoms with Crippen molar-refractivity contribution in [1.82, 2.24) is 4.90 Å².